The summed E-state index contributed by atoms with van der Waals surface area (Å²) in [4.78, 5) is 26.3. The van der Waals surface area contributed by atoms with Crippen molar-refractivity contribution < 1.29 is 14.7 Å². The van der Waals surface area contributed by atoms with E-state index in [-0.39, 0.29) is 23.8 Å². The van der Waals surface area contributed by atoms with E-state index in [9.17, 15) is 14.7 Å². The maximum absolute atomic E-state index is 12.1. The van der Waals surface area contributed by atoms with Crippen LogP contribution in [-0.2, 0) is 4.79 Å². The first kappa shape index (κ1) is 16.0. The molecule has 0 aromatic carbocycles. The highest BCUT2D eigenvalue weighted by Gasteiger charge is 2.26. The Balaban J connectivity index is 1.64. The molecule has 2 amide bonds. The summed E-state index contributed by atoms with van der Waals surface area (Å²) >= 11 is 1.41. The number of hydrogen-bond acceptors (Lipinski definition) is 4. The van der Waals surface area contributed by atoms with Crippen LogP contribution in [0.5, 0.6) is 0 Å². The molecule has 1 aliphatic rings. The fourth-order valence-electron chi connectivity index (χ4n) is 2.45. The largest absolute Gasteiger partial charge is 0.393 e. The summed E-state index contributed by atoms with van der Waals surface area (Å²) in [6.07, 6.45) is 1.44. The SMILES string of the molecule is CC1CN(C(=O)CCCNC(=O)c2cccs2)CCC1O. The van der Waals surface area contributed by atoms with Crippen LogP contribution >= 0.6 is 11.3 Å². The van der Waals surface area contributed by atoms with Gasteiger partial charge in [0.2, 0.25) is 5.91 Å². The number of carbonyl (C=O) groups is 2. The Kier molecular flexibility index (Phi) is 5.76. The number of nitrogens with one attached hydrogen (secondary N) is 1. The third kappa shape index (κ3) is 4.54. The molecule has 2 heterocycles. The maximum atomic E-state index is 12.1. The smallest absolute Gasteiger partial charge is 0.261 e. The summed E-state index contributed by atoms with van der Waals surface area (Å²) in [6, 6.07) is 3.63. The molecule has 2 atom stereocenters. The van der Waals surface area contributed by atoms with Gasteiger partial charge in [0.15, 0.2) is 0 Å². The van der Waals surface area contributed by atoms with Crippen LogP contribution < -0.4 is 5.32 Å². The third-order valence-corrected chi connectivity index (χ3v) is 4.68. The van der Waals surface area contributed by atoms with Gasteiger partial charge in [0.1, 0.15) is 0 Å². The zero-order valence-electron chi connectivity index (χ0n) is 12.2. The predicted molar refractivity (Wildman–Crippen MR) is 82.3 cm³/mol. The first-order valence-corrected chi connectivity index (χ1v) is 8.23. The molecule has 0 saturated carbocycles. The first-order chi connectivity index (χ1) is 10.1. The summed E-state index contributed by atoms with van der Waals surface area (Å²) in [5, 5.41) is 14.3. The lowest BCUT2D eigenvalue weighted by Crippen LogP contribution is -2.45. The number of thiophene rings is 1. The molecule has 1 aromatic heterocycles. The fraction of sp³-hybridized carbons (Fsp3) is 0.600. The topological polar surface area (TPSA) is 69.6 Å². The minimum absolute atomic E-state index is 0.0767. The molecule has 0 spiro atoms. The maximum Gasteiger partial charge on any atom is 0.261 e. The van der Waals surface area contributed by atoms with Crippen LogP contribution in [0.1, 0.15) is 35.9 Å². The molecule has 1 saturated heterocycles. The van der Waals surface area contributed by atoms with Gasteiger partial charge < -0.3 is 15.3 Å². The number of aliphatic hydroxyl groups is 1. The standard InChI is InChI=1S/C15H22N2O3S/c1-11-10-17(8-6-12(11)18)14(19)5-2-7-16-15(20)13-4-3-9-21-13/h3-4,9,11-12,18H,2,5-8,10H2,1H3,(H,16,20). The van der Waals surface area contributed by atoms with Gasteiger partial charge in [-0.3, -0.25) is 9.59 Å². The van der Waals surface area contributed by atoms with Crippen molar-refractivity contribution in [3.8, 4) is 0 Å². The fourth-order valence-corrected chi connectivity index (χ4v) is 3.09. The lowest BCUT2D eigenvalue weighted by atomic mass is 9.96. The van der Waals surface area contributed by atoms with Crippen molar-refractivity contribution in [2.24, 2.45) is 5.92 Å². The van der Waals surface area contributed by atoms with Gasteiger partial charge in [-0.05, 0) is 30.2 Å². The number of aliphatic hydroxyl groups excluding tert-OH is 1. The second kappa shape index (κ2) is 7.56. The van der Waals surface area contributed by atoms with Crippen LogP contribution in [0.3, 0.4) is 0 Å². The molecule has 1 aliphatic heterocycles. The van der Waals surface area contributed by atoms with Crippen LogP contribution in [0.25, 0.3) is 0 Å². The number of nitrogens with zero attached hydrogens (tertiary/aromatic N) is 1. The van der Waals surface area contributed by atoms with E-state index in [1.165, 1.54) is 11.3 Å². The molecule has 2 rings (SSSR count). The van der Waals surface area contributed by atoms with Crippen molar-refractivity contribution in [2.75, 3.05) is 19.6 Å². The van der Waals surface area contributed by atoms with Crippen molar-refractivity contribution in [3.63, 3.8) is 0 Å². The van der Waals surface area contributed by atoms with E-state index in [2.05, 4.69) is 5.32 Å². The Morgan fingerprint density at radius 3 is 3.00 bits per heavy atom. The van der Waals surface area contributed by atoms with Crippen LogP contribution in [0, 0.1) is 5.92 Å². The molecule has 1 aromatic rings. The number of piperidine rings is 1. The molecule has 0 bridgehead atoms. The number of hydrogen-bond donors (Lipinski definition) is 2. The molecular formula is C15H22N2O3S. The van der Waals surface area contributed by atoms with Crippen LogP contribution in [0.2, 0.25) is 0 Å². The van der Waals surface area contributed by atoms with E-state index in [4.69, 9.17) is 0 Å². The normalized spacial score (nSPS) is 22.1. The van der Waals surface area contributed by atoms with Gasteiger partial charge in [0.05, 0.1) is 11.0 Å². The highest BCUT2D eigenvalue weighted by atomic mass is 32.1. The summed E-state index contributed by atoms with van der Waals surface area (Å²) in [5.74, 6) is 0.174. The van der Waals surface area contributed by atoms with Crippen molar-refractivity contribution in [3.05, 3.63) is 22.4 Å². The Hall–Kier alpha value is -1.40. The average Bonchev–Trinajstić information content (AvgIpc) is 3.00. The predicted octanol–water partition coefficient (Wildman–Crippen LogP) is 1.49. The summed E-state index contributed by atoms with van der Waals surface area (Å²) in [6.45, 7) is 3.73. The minimum atomic E-state index is -0.292. The monoisotopic (exact) mass is 310 g/mol. The van der Waals surface area contributed by atoms with Gasteiger partial charge in [0, 0.05) is 26.1 Å². The second-order valence-corrected chi connectivity index (χ2v) is 6.46. The quantitative estimate of drug-likeness (QED) is 0.810. The molecule has 6 heteroatoms. The number of rotatable bonds is 5. The number of carbonyl (C=O) groups excluding carboxylic acids is 2. The number of amides is 2. The van der Waals surface area contributed by atoms with Crippen LogP contribution in [0.15, 0.2) is 17.5 Å². The van der Waals surface area contributed by atoms with Gasteiger partial charge in [-0.25, -0.2) is 0 Å². The Morgan fingerprint density at radius 1 is 1.52 bits per heavy atom. The van der Waals surface area contributed by atoms with Crippen molar-refractivity contribution in [2.45, 2.75) is 32.3 Å². The summed E-state index contributed by atoms with van der Waals surface area (Å²) in [7, 11) is 0. The van der Waals surface area contributed by atoms with Gasteiger partial charge in [-0.15, -0.1) is 11.3 Å². The molecule has 2 N–H and O–H groups in total. The molecule has 2 unspecified atom stereocenters. The molecule has 5 nitrogen and oxygen atoms in total. The van der Waals surface area contributed by atoms with E-state index in [1.807, 2.05) is 23.3 Å². The van der Waals surface area contributed by atoms with E-state index < -0.39 is 0 Å². The Labute approximate surface area is 129 Å². The van der Waals surface area contributed by atoms with Gasteiger partial charge in [-0.1, -0.05) is 13.0 Å². The summed E-state index contributed by atoms with van der Waals surface area (Å²) < 4.78 is 0. The molecule has 0 radical (unpaired) electrons. The minimum Gasteiger partial charge on any atom is -0.393 e. The third-order valence-electron chi connectivity index (χ3n) is 3.81. The van der Waals surface area contributed by atoms with Crippen molar-refractivity contribution >= 4 is 23.2 Å². The second-order valence-electron chi connectivity index (χ2n) is 5.51. The number of likely N-dealkylation sites (tertiary alicyclic amines) is 1. The van der Waals surface area contributed by atoms with Crippen LogP contribution in [-0.4, -0.2) is 47.6 Å². The van der Waals surface area contributed by atoms with Gasteiger partial charge >= 0.3 is 0 Å². The first-order valence-electron chi connectivity index (χ1n) is 7.35. The van der Waals surface area contributed by atoms with Gasteiger partial charge in [-0.2, -0.15) is 0 Å². The molecule has 116 valence electrons. The molecule has 0 aliphatic carbocycles. The molecular weight excluding hydrogens is 288 g/mol. The Morgan fingerprint density at radius 2 is 2.33 bits per heavy atom. The van der Waals surface area contributed by atoms with E-state index in [0.29, 0.717) is 43.8 Å². The summed E-state index contributed by atoms with van der Waals surface area (Å²) in [5.41, 5.74) is 0. The van der Waals surface area contributed by atoms with Gasteiger partial charge in [0.25, 0.3) is 5.91 Å². The molecule has 21 heavy (non-hydrogen) atoms. The zero-order valence-corrected chi connectivity index (χ0v) is 13.1. The van der Waals surface area contributed by atoms with Crippen molar-refractivity contribution in [1.29, 1.82) is 0 Å². The molecule has 1 fully saturated rings. The van der Waals surface area contributed by atoms with E-state index in [0.717, 1.165) is 0 Å². The average molecular weight is 310 g/mol. The van der Waals surface area contributed by atoms with Crippen LogP contribution in [0.4, 0.5) is 0 Å². The van der Waals surface area contributed by atoms with E-state index in [1.54, 1.807) is 6.07 Å². The highest BCUT2D eigenvalue weighted by Crippen LogP contribution is 2.17. The lowest BCUT2D eigenvalue weighted by Gasteiger charge is -2.34. The lowest BCUT2D eigenvalue weighted by molar-refractivity contribution is -0.134. The zero-order chi connectivity index (χ0) is 15.2. The van der Waals surface area contributed by atoms with E-state index >= 15 is 0 Å². The Bertz CT molecular complexity index is 475. The highest BCUT2D eigenvalue weighted by molar-refractivity contribution is 7.12. The van der Waals surface area contributed by atoms with Crippen molar-refractivity contribution in [1.82, 2.24) is 10.2 Å².